The van der Waals surface area contributed by atoms with Gasteiger partial charge in [0.1, 0.15) is 5.82 Å². The van der Waals surface area contributed by atoms with Gasteiger partial charge in [-0.1, -0.05) is 17.8 Å². The minimum absolute atomic E-state index is 0.0768. The van der Waals surface area contributed by atoms with Gasteiger partial charge in [-0.3, -0.25) is 9.36 Å². The van der Waals surface area contributed by atoms with Crippen molar-refractivity contribution in [2.24, 2.45) is 0 Å². The van der Waals surface area contributed by atoms with E-state index in [1.807, 2.05) is 24.6 Å². The molecule has 0 radical (unpaired) electrons. The van der Waals surface area contributed by atoms with Crippen molar-refractivity contribution in [2.45, 2.75) is 38.9 Å². The van der Waals surface area contributed by atoms with E-state index in [2.05, 4.69) is 47.4 Å². The van der Waals surface area contributed by atoms with Gasteiger partial charge in [0.2, 0.25) is 5.91 Å². The van der Waals surface area contributed by atoms with Gasteiger partial charge >= 0.3 is 0 Å². The van der Waals surface area contributed by atoms with Crippen molar-refractivity contribution in [3.63, 3.8) is 0 Å². The molecule has 2 heterocycles. The van der Waals surface area contributed by atoms with E-state index < -0.39 is 0 Å². The number of thioether (sulfide) groups is 1. The number of anilines is 1. The number of carbonyl (C=O) groups excluding carboxylic acids is 1. The molecule has 6 nitrogen and oxygen atoms in total. The summed E-state index contributed by atoms with van der Waals surface area (Å²) in [5.74, 6) is 0.917. The van der Waals surface area contributed by atoms with Crippen molar-refractivity contribution < 1.29 is 4.79 Å². The molecule has 0 bridgehead atoms. The lowest BCUT2D eigenvalue weighted by atomic mass is 10.1. The minimum atomic E-state index is -0.0768. The van der Waals surface area contributed by atoms with Gasteiger partial charge in [0.05, 0.1) is 11.9 Å². The van der Waals surface area contributed by atoms with Crippen LogP contribution in [0.1, 0.15) is 31.0 Å². The van der Waals surface area contributed by atoms with Crippen molar-refractivity contribution >= 4 is 23.5 Å². The Balaban J connectivity index is 1.67. The van der Waals surface area contributed by atoms with Crippen LogP contribution in [0.5, 0.6) is 0 Å². The molecule has 1 amide bonds. The molecule has 0 unspecified atom stereocenters. The predicted molar refractivity (Wildman–Crippen MR) is 105 cm³/mol. The van der Waals surface area contributed by atoms with Crippen molar-refractivity contribution in [1.82, 2.24) is 19.3 Å². The molecule has 0 aliphatic rings. The zero-order valence-corrected chi connectivity index (χ0v) is 16.2. The van der Waals surface area contributed by atoms with Crippen molar-refractivity contribution in [3.05, 3.63) is 54.0 Å². The second kappa shape index (κ2) is 7.78. The van der Waals surface area contributed by atoms with Gasteiger partial charge in [0.25, 0.3) is 0 Å². The molecular formula is C19H23N5OS. The standard InChI is InChI=1S/C19H23N5OS/c1-13(2)24-17(7-8-21-24)22-18(25)12-26-19-20-9-10-23(19)16-6-5-14(3)15(4)11-16/h5-11,13H,12H2,1-4H3,(H,22,25). The van der Waals surface area contributed by atoms with Crippen LogP contribution >= 0.6 is 11.8 Å². The highest BCUT2D eigenvalue weighted by Crippen LogP contribution is 2.22. The van der Waals surface area contributed by atoms with Crippen LogP contribution in [0.4, 0.5) is 5.82 Å². The third-order valence-electron chi connectivity index (χ3n) is 4.13. The average Bonchev–Trinajstić information content (AvgIpc) is 3.24. The Kier molecular flexibility index (Phi) is 5.46. The molecule has 136 valence electrons. The zero-order valence-electron chi connectivity index (χ0n) is 15.4. The van der Waals surface area contributed by atoms with Crippen LogP contribution in [0, 0.1) is 13.8 Å². The first-order valence-corrected chi connectivity index (χ1v) is 9.51. The summed E-state index contributed by atoms with van der Waals surface area (Å²) in [5, 5.41) is 7.93. The molecule has 3 aromatic rings. The summed E-state index contributed by atoms with van der Waals surface area (Å²) in [6.45, 7) is 8.23. The maximum Gasteiger partial charge on any atom is 0.235 e. The van der Waals surface area contributed by atoms with Crippen molar-refractivity contribution in [3.8, 4) is 5.69 Å². The summed E-state index contributed by atoms with van der Waals surface area (Å²) in [7, 11) is 0. The quantitative estimate of drug-likeness (QED) is 0.667. The van der Waals surface area contributed by atoms with Gasteiger partial charge in [-0.2, -0.15) is 5.10 Å². The van der Waals surface area contributed by atoms with Crippen LogP contribution in [0.3, 0.4) is 0 Å². The molecule has 26 heavy (non-hydrogen) atoms. The Morgan fingerprint density at radius 2 is 2.00 bits per heavy atom. The molecule has 0 aliphatic heterocycles. The Morgan fingerprint density at radius 1 is 1.19 bits per heavy atom. The fraction of sp³-hybridized carbons (Fsp3) is 0.316. The molecular weight excluding hydrogens is 346 g/mol. The molecule has 0 saturated heterocycles. The molecule has 0 spiro atoms. The van der Waals surface area contributed by atoms with E-state index in [4.69, 9.17) is 0 Å². The number of rotatable bonds is 6. The number of aryl methyl sites for hydroxylation is 2. The van der Waals surface area contributed by atoms with E-state index in [0.717, 1.165) is 10.8 Å². The first-order chi connectivity index (χ1) is 12.5. The molecule has 2 aromatic heterocycles. The zero-order chi connectivity index (χ0) is 18.7. The average molecular weight is 369 g/mol. The SMILES string of the molecule is Cc1ccc(-n2ccnc2SCC(=O)Nc2ccnn2C(C)C)cc1C. The third-order valence-corrected chi connectivity index (χ3v) is 5.10. The number of imidazole rings is 1. The number of hydrogen-bond donors (Lipinski definition) is 1. The Morgan fingerprint density at radius 3 is 2.73 bits per heavy atom. The maximum absolute atomic E-state index is 12.3. The second-order valence-electron chi connectivity index (χ2n) is 6.44. The molecule has 0 aliphatic carbocycles. The molecule has 3 rings (SSSR count). The van der Waals surface area contributed by atoms with Crippen molar-refractivity contribution in [2.75, 3.05) is 11.1 Å². The van der Waals surface area contributed by atoms with Gasteiger partial charge in [-0.25, -0.2) is 9.67 Å². The van der Waals surface area contributed by atoms with Gasteiger partial charge in [-0.05, 0) is 51.0 Å². The van der Waals surface area contributed by atoms with Crippen molar-refractivity contribution in [1.29, 1.82) is 0 Å². The summed E-state index contributed by atoms with van der Waals surface area (Å²) in [5.41, 5.74) is 3.53. The molecule has 1 aromatic carbocycles. The van der Waals surface area contributed by atoms with Crippen LogP contribution in [0.2, 0.25) is 0 Å². The van der Waals surface area contributed by atoms with Gasteiger partial charge < -0.3 is 5.32 Å². The smallest absolute Gasteiger partial charge is 0.235 e. The molecule has 0 fully saturated rings. The third kappa shape index (κ3) is 3.99. The summed E-state index contributed by atoms with van der Waals surface area (Å²) in [6, 6.07) is 8.28. The monoisotopic (exact) mass is 369 g/mol. The number of carbonyl (C=O) groups is 1. The highest BCUT2D eigenvalue weighted by molar-refractivity contribution is 7.99. The fourth-order valence-corrected chi connectivity index (χ4v) is 3.38. The van der Waals surface area contributed by atoms with E-state index in [0.29, 0.717) is 5.82 Å². The predicted octanol–water partition coefficient (Wildman–Crippen LogP) is 4.00. The first kappa shape index (κ1) is 18.3. The summed E-state index contributed by atoms with van der Waals surface area (Å²) in [4.78, 5) is 16.7. The number of nitrogens with zero attached hydrogens (tertiary/aromatic N) is 4. The summed E-state index contributed by atoms with van der Waals surface area (Å²) in [6.07, 6.45) is 5.36. The highest BCUT2D eigenvalue weighted by atomic mass is 32.2. The van der Waals surface area contributed by atoms with Gasteiger partial charge in [0, 0.05) is 30.2 Å². The Labute approximate surface area is 157 Å². The summed E-state index contributed by atoms with van der Waals surface area (Å²) >= 11 is 1.41. The van der Waals surface area contributed by atoms with Crippen LogP contribution in [0.25, 0.3) is 5.69 Å². The second-order valence-corrected chi connectivity index (χ2v) is 7.38. The lowest BCUT2D eigenvalue weighted by Crippen LogP contribution is -2.18. The number of amides is 1. The number of aromatic nitrogens is 4. The topological polar surface area (TPSA) is 64.7 Å². The lowest BCUT2D eigenvalue weighted by Gasteiger charge is -2.12. The summed E-state index contributed by atoms with van der Waals surface area (Å²) < 4.78 is 3.79. The van der Waals surface area contributed by atoms with Crippen LogP contribution in [0.15, 0.2) is 48.0 Å². The van der Waals surface area contributed by atoms with E-state index in [1.165, 1.54) is 22.9 Å². The van der Waals surface area contributed by atoms with Crippen LogP contribution in [-0.4, -0.2) is 31.0 Å². The van der Waals surface area contributed by atoms with E-state index in [1.54, 1.807) is 23.1 Å². The first-order valence-electron chi connectivity index (χ1n) is 8.53. The number of hydrogen-bond acceptors (Lipinski definition) is 4. The molecule has 1 N–H and O–H groups in total. The maximum atomic E-state index is 12.3. The van der Waals surface area contributed by atoms with E-state index in [-0.39, 0.29) is 17.7 Å². The normalized spacial score (nSPS) is 11.1. The fourth-order valence-electron chi connectivity index (χ4n) is 2.60. The van der Waals surface area contributed by atoms with Crippen LogP contribution < -0.4 is 5.32 Å². The van der Waals surface area contributed by atoms with E-state index >= 15 is 0 Å². The van der Waals surface area contributed by atoms with Crippen LogP contribution in [-0.2, 0) is 4.79 Å². The Bertz CT molecular complexity index is 912. The number of benzene rings is 1. The van der Waals surface area contributed by atoms with E-state index in [9.17, 15) is 4.79 Å². The van der Waals surface area contributed by atoms with Gasteiger partial charge in [-0.15, -0.1) is 0 Å². The lowest BCUT2D eigenvalue weighted by molar-refractivity contribution is -0.113. The molecule has 7 heteroatoms. The molecule has 0 saturated carbocycles. The Hall–Kier alpha value is -2.54. The van der Waals surface area contributed by atoms with Gasteiger partial charge in [0.15, 0.2) is 5.16 Å². The molecule has 0 atom stereocenters. The number of nitrogens with one attached hydrogen (secondary N) is 1. The highest BCUT2D eigenvalue weighted by Gasteiger charge is 2.12. The largest absolute Gasteiger partial charge is 0.310 e. The minimum Gasteiger partial charge on any atom is -0.310 e.